The maximum Gasteiger partial charge on any atom is 0.209 e. The molecular formula is C31H45ClN8O3S2. The molecule has 0 N–H and O–H groups in total. The molecule has 0 bridgehead atoms. The maximum atomic E-state index is 13.0. The van der Waals surface area contributed by atoms with Crippen molar-refractivity contribution in [2.45, 2.75) is 23.6 Å². The van der Waals surface area contributed by atoms with Crippen LogP contribution < -0.4 is 4.74 Å². The number of guanidine groups is 2. The van der Waals surface area contributed by atoms with Crippen molar-refractivity contribution >= 4 is 45.5 Å². The van der Waals surface area contributed by atoms with E-state index in [1.807, 2.05) is 51.1 Å². The molecule has 2 aromatic rings. The molecular weight excluding hydrogens is 632 g/mol. The van der Waals surface area contributed by atoms with Gasteiger partial charge in [-0.05, 0) is 43.4 Å². The van der Waals surface area contributed by atoms with Gasteiger partial charge in [0, 0.05) is 52.4 Å². The Bertz CT molecular complexity index is 1400. The molecule has 2 aromatic carbocycles. The van der Waals surface area contributed by atoms with Crippen molar-refractivity contribution in [3.63, 3.8) is 0 Å². The van der Waals surface area contributed by atoms with E-state index >= 15 is 0 Å². The summed E-state index contributed by atoms with van der Waals surface area (Å²) in [6, 6.07) is 14.8. The zero-order valence-electron chi connectivity index (χ0n) is 26.5. The second-order valence-electron chi connectivity index (χ2n) is 11.0. The molecule has 0 amide bonds. The van der Waals surface area contributed by atoms with Crippen molar-refractivity contribution in [2.24, 2.45) is 9.98 Å². The fraction of sp³-hybridized carbons (Fsp3) is 0.548. The van der Waals surface area contributed by atoms with E-state index in [2.05, 4.69) is 43.4 Å². The van der Waals surface area contributed by atoms with Crippen LogP contribution in [-0.2, 0) is 22.0 Å². The number of aliphatic imine (C=N–C) groups is 2. The molecule has 0 saturated carbocycles. The molecule has 2 unspecified atom stereocenters. The third-order valence-electron chi connectivity index (χ3n) is 8.43. The summed E-state index contributed by atoms with van der Waals surface area (Å²) in [4.78, 5) is 20.0. The van der Waals surface area contributed by atoms with Crippen LogP contribution in [0.15, 0.2) is 68.3 Å². The van der Waals surface area contributed by atoms with Crippen molar-refractivity contribution in [3.05, 3.63) is 53.6 Å². The average Bonchev–Trinajstić information content (AvgIpc) is 3.79. The fourth-order valence-electron chi connectivity index (χ4n) is 5.74. The smallest absolute Gasteiger partial charge is 0.209 e. The van der Waals surface area contributed by atoms with Gasteiger partial charge in [-0.3, -0.25) is 18.6 Å². The first-order valence-corrected chi connectivity index (χ1v) is 18.3. The number of hydrogen-bond donors (Lipinski definition) is 0. The van der Waals surface area contributed by atoms with E-state index < -0.39 is 22.0 Å². The second kappa shape index (κ2) is 16.2. The molecule has 11 nitrogen and oxygen atoms in total. The summed E-state index contributed by atoms with van der Waals surface area (Å²) in [5.41, 5.74) is 0. The number of ether oxygens (including phenoxy) is 1. The van der Waals surface area contributed by atoms with Crippen LogP contribution in [0.4, 0.5) is 0 Å². The van der Waals surface area contributed by atoms with Crippen molar-refractivity contribution < 1.29 is 13.2 Å². The highest BCUT2D eigenvalue weighted by Crippen LogP contribution is 2.24. The van der Waals surface area contributed by atoms with Crippen molar-refractivity contribution in [3.8, 4) is 5.75 Å². The van der Waals surface area contributed by atoms with Crippen LogP contribution in [0.25, 0.3) is 0 Å². The van der Waals surface area contributed by atoms with E-state index in [0.29, 0.717) is 36.1 Å². The summed E-state index contributed by atoms with van der Waals surface area (Å²) < 4.78 is 34.9. The molecule has 2 saturated heterocycles. The SMILES string of the molecule is CCN1CCN(C2=NCCN2S(=O)c2cccc(OC)c2)CC1.CCN1CCN(C2=NCCN2S(=O)c2ccccc2Cl)CC1. The minimum absolute atomic E-state index is 0.544. The third kappa shape index (κ3) is 8.18. The Hall–Kier alpha value is -2.71. The van der Waals surface area contributed by atoms with Gasteiger partial charge in [0.15, 0.2) is 22.0 Å². The lowest BCUT2D eigenvalue weighted by atomic mass is 10.3. The number of rotatable bonds is 7. The minimum Gasteiger partial charge on any atom is -0.497 e. The van der Waals surface area contributed by atoms with Crippen LogP contribution in [0.2, 0.25) is 5.02 Å². The van der Waals surface area contributed by atoms with Gasteiger partial charge in [-0.25, -0.2) is 8.42 Å². The largest absolute Gasteiger partial charge is 0.497 e. The van der Waals surface area contributed by atoms with Crippen molar-refractivity contribution in [1.29, 1.82) is 0 Å². The molecule has 0 aliphatic carbocycles. The van der Waals surface area contributed by atoms with Crippen LogP contribution in [0.5, 0.6) is 5.75 Å². The Morgan fingerprint density at radius 2 is 1.24 bits per heavy atom. The first-order valence-electron chi connectivity index (χ1n) is 15.7. The Morgan fingerprint density at radius 1 is 0.711 bits per heavy atom. The number of likely N-dealkylation sites (N-methyl/N-ethyl adjacent to an activating group) is 2. The van der Waals surface area contributed by atoms with Gasteiger partial charge in [-0.15, -0.1) is 0 Å². The number of hydrogen-bond acceptors (Lipinski definition) is 9. The maximum absolute atomic E-state index is 13.0. The van der Waals surface area contributed by atoms with E-state index in [-0.39, 0.29) is 0 Å². The summed E-state index contributed by atoms with van der Waals surface area (Å²) in [7, 11) is -0.920. The zero-order valence-corrected chi connectivity index (χ0v) is 28.9. The highest BCUT2D eigenvalue weighted by atomic mass is 35.5. The first kappa shape index (κ1) is 33.6. The summed E-state index contributed by atoms with van der Waals surface area (Å²) in [5.74, 6) is 2.46. The van der Waals surface area contributed by atoms with Gasteiger partial charge in [-0.1, -0.05) is 43.6 Å². The van der Waals surface area contributed by atoms with Crippen molar-refractivity contribution in [2.75, 3.05) is 98.7 Å². The summed E-state index contributed by atoms with van der Waals surface area (Å²) in [6.45, 7) is 17.2. The summed E-state index contributed by atoms with van der Waals surface area (Å²) in [5, 5.41) is 0.544. The lowest BCUT2D eigenvalue weighted by Gasteiger charge is -2.37. The topological polar surface area (TPSA) is 87.5 Å². The van der Waals surface area contributed by atoms with E-state index in [9.17, 15) is 8.42 Å². The van der Waals surface area contributed by atoms with Gasteiger partial charge in [0.25, 0.3) is 0 Å². The lowest BCUT2D eigenvalue weighted by molar-refractivity contribution is 0.184. The molecule has 4 aliphatic rings. The van der Waals surface area contributed by atoms with E-state index in [0.717, 1.165) is 88.0 Å². The van der Waals surface area contributed by atoms with Gasteiger partial charge < -0.3 is 24.3 Å². The standard InChI is InChI=1S/C16H24N4O2S.C15H21ClN4OS/c1-3-18-9-11-19(12-10-18)16-17-7-8-20(16)23(21)15-6-4-5-14(13-15)22-2;1-2-18-9-11-19(12-10-18)15-17-7-8-20(15)22(21)14-6-4-3-5-13(14)16/h4-6,13H,3,7-12H2,1-2H3;3-6H,2,7-12H2,1H3. The van der Waals surface area contributed by atoms with Crippen LogP contribution in [-0.4, -0.2) is 147 Å². The molecule has 6 rings (SSSR count). The number of benzene rings is 2. The zero-order chi connectivity index (χ0) is 31.8. The minimum atomic E-state index is -1.30. The van der Waals surface area contributed by atoms with Gasteiger partial charge in [0.1, 0.15) is 5.75 Å². The Balaban J connectivity index is 0.000000178. The molecule has 246 valence electrons. The normalized spacial score (nSPS) is 20.8. The Morgan fingerprint density at radius 3 is 1.76 bits per heavy atom. The molecule has 2 atom stereocenters. The average molecular weight is 677 g/mol. The van der Waals surface area contributed by atoms with Crippen LogP contribution >= 0.6 is 11.6 Å². The molecule has 4 aliphatic heterocycles. The molecule has 14 heteroatoms. The molecule has 0 spiro atoms. The molecule has 0 aromatic heterocycles. The molecule has 4 heterocycles. The molecule has 45 heavy (non-hydrogen) atoms. The van der Waals surface area contributed by atoms with Crippen LogP contribution in [0, 0.1) is 0 Å². The van der Waals surface area contributed by atoms with Crippen LogP contribution in [0.3, 0.4) is 0 Å². The highest BCUT2D eigenvalue weighted by molar-refractivity contribution is 7.83. The highest BCUT2D eigenvalue weighted by Gasteiger charge is 2.32. The molecule has 0 radical (unpaired) electrons. The summed E-state index contributed by atoms with van der Waals surface area (Å²) >= 11 is 6.19. The quantitative estimate of drug-likeness (QED) is 0.446. The predicted octanol–water partition coefficient (Wildman–Crippen LogP) is 2.70. The van der Waals surface area contributed by atoms with Crippen molar-refractivity contribution in [1.82, 2.24) is 28.2 Å². The molecule has 2 fully saturated rings. The fourth-order valence-corrected chi connectivity index (χ4v) is 8.54. The lowest BCUT2D eigenvalue weighted by Crippen LogP contribution is -2.52. The van der Waals surface area contributed by atoms with Gasteiger partial charge >= 0.3 is 0 Å². The number of piperazine rings is 2. The van der Waals surface area contributed by atoms with E-state index in [4.69, 9.17) is 16.3 Å². The monoisotopic (exact) mass is 676 g/mol. The van der Waals surface area contributed by atoms with E-state index in [1.165, 1.54) is 0 Å². The number of halogens is 1. The third-order valence-corrected chi connectivity index (χ3v) is 11.8. The van der Waals surface area contributed by atoms with Gasteiger partial charge in [-0.2, -0.15) is 0 Å². The predicted molar refractivity (Wildman–Crippen MR) is 183 cm³/mol. The Labute approximate surface area is 277 Å². The first-order chi connectivity index (χ1) is 21.9. The number of methoxy groups -OCH3 is 1. The summed E-state index contributed by atoms with van der Waals surface area (Å²) in [6.07, 6.45) is 0. The van der Waals surface area contributed by atoms with E-state index in [1.54, 1.807) is 13.2 Å². The van der Waals surface area contributed by atoms with Crippen LogP contribution in [0.1, 0.15) is 13.8 Å². The van der Waals surface area contributed by atoms with Gasteiger partial charge in [0.2, 0.25) is 11.9 Å². The van der Waals surface area contributed by atoms with Gasteiger partial charge in [0.05, 0.1) is 48.1 Å². The Kier molecular flexibility index (Phi) is 12.1. The second-order valence-corrected chi connectivity index (χ2v) is 14.2. The number of nitrogens with zero attached hydrogens (tertiary/aromatic N) is 8.